The van der Waals surface area contributed by atoms with Gasteiger partial charge in [-0.3, -0.25) is 0 Å². The molecular formula is C21H17FN6O3. The molecule has 0 saturated carbocycles. The summed E-state index contributed by atoms with van der Waals surface area (Å²) >= 11 is 0. The molecule has 0 fully saturated rings. The summed E-state index contributed by atoms with van der Waals surface area (Å²) in [6, 6.07) is 14.8. The first-order chi connectivity index (χ1) is 15.0. The number of nitrogens with zero attached hydrogens (tertiary/aromatic N) is 4. The molecule has 0 saturated heterocycles. The van der Waals surface area contributed by atoms with Crippen LogP contribution in [0.5, 0.6) is 0 Å². The highest BCUT2D eigenvalue weighted by Crippen LogP contribution is 2.22. The van der Waals surface area contributed by atoms with Gasteiger partial charge in [-0.1, -0.05) is 18.2 Å². The van der Waals surface area contributed by atoms with Crippen molar-refractivity contribution in [1.29, 1.82) is 0 Å². The highest BCUT2D eigenvalue weighted by molar-refractivity contribution is 5.88. The quantitative estimate of drug-likeness (QED) is 0.449. The van der Waals surface area contributed by atoms with Gasteiger partial charge in [0.1, 0.15) is 11.6 Å². The van der Waals surface area contributed by atoms with Crippen LogP contribution in [0.4, 0.5) is 22.0 Å². The molecule has 0 spiro atoms. The normalized spacial score (nSPS) is 10.6. The number of aromatic nitrogens is 4. The van der Waals surface area contributed by atoms with E-state index in [2.05, 4.69) is 25.3 Å². The summed E-state index contributed by atoms with van der Waals surface area (Å²) in [5.41, 5.74) is 7.08. The van der Waals surface area contributed by atoms with Crippen LogP contribution in [-0.4, -0.2) is 25.9 Å². The molecule has 31 heavy (non-hydrogen) atoms. The fraction of sp³-hybridized carbons (Fsp3) is 0.0952. The molecular weight excluding hydrogens is 403 g/mol. The van der Waals surface area contributed by atoms with Crippen molar-refractivity contribution in [1.82, 2.24) is 19.9 Å². The standard InChI is InChI=1S/C21H17FN6O3/c1-12-17(27-18(31-12)13-5-3-2-4-6-13)19(29)30-11-16-25-20(23)28-21(26-16)24-15-9-7-14(22)8-10-15/h2-10H,11H2,1H3,(H3,23,24,25,26,28). The third-order valence-electron chi connectivity index (χ3n) is 4.14. The maximum absolute atomic E-state index is 13.0. The van der Waals surface area contributed by atoms with Gasteiger partial charge in [-0.2, -0.15) is 15.0 Å². The lowest BCUT2D eigenvalue weighted by atomic mass is 10.2. The zero-order valence-electron chi connectivity index (χ0n) is 16.4. The van der Waals surface area contributed by atoms with Crippen LogP contribution in [-0.2, 0) is 11.3 Å². The van der Waals surface area contributed by atoms with E-state index in [1.807, 2.05) is 30.3 Å². The van der Waals surface area contributed by atoms with Crippen molar-refractivity contribution >= 4 is 23.6 Å². The van der Waals surface area contributed by atoms with E-state index in [4.69, 9.17) is 14.9 Å². The lowest BCUT2D eigenvalue weighted by Gasteiger charge is -2.07. The number of aryl methyl sites for hydroxylation is 1. The number of carbonyl (C=O) groups excluding carboxylic acids is 1. The molecule has 3 N–H and O–H groups in total. The van der Waals surface area contributed by atoms with Gasteiger partial charge in [0.2, 0.25) is 17.8 Å². The Morgan fingerprint density at radius 2 is 1.81 bits per heavy atom. The van der Waals surface area contributed by atoms with E-state index in [0.29, 0.717) is 17.3 Å². The van der Waals surface area contributed by atoms with E-state index in [9.17, 15) is 9.18 Å². The lowest BCUT2D eigenvalue weighted by molar-refractivity contribution is 0.0454. The van der Waals surface area contributed by atoms with E-state index in [1.165, 1.54) is 24.3 Å². The van der Waals surface area contributed by atoms with Crippen LogP contribution in [0, 0.1) is 12.7 Å². The maximum Gasteiger partial charge on any atom is 0.361 e. The zero-order valence-corrected chi connectivity index (χ0v) is 16.4. The number of nitrogens with one attached hydrogen (secondary N) is 1. The molecule has 0 aliphatic carbocycles. The van der Waals surface area contributed by atoms with Crippen molar-refractivity contribution in [2.45, 2.75) is 13.5 Å². The van der Waals surface area contributed by atoms with Crippen LogP contribution < -0.4 is 11.1 Å². The molecule has 2 heterocycles. The average molecular weight is 420 g/mol. The number of nitrogens with two attached hydrogens (primary N) is 1. The number of ether oxygens (including phenoxy) is 1. The molecule has 2 aromatic heterocycles. The van der Waals surface area contributed by atoms with Gasteiger partial charge < -0.3 is 20.2 Å². The Kier molecular flexibility index (Phi) is 5.52. The van der Waals surface area contributed by atoms with Crippen LogP contribution in [0.25, 0.3) is 11.5 Å². The molecule has 0 aliphatic heterocycles. The van der Waals surface area contributed by atoms with Crippen LogP contribution >= 0.6 is 0 Å². The number of oxazole rings is 1. The second-order valence-electron chi connectivity index (χ2n) is 6.43. The van der Waals surface area contributed by atoms with E-state index in [0.717, 1.165) is 5.56 Å². The van der Waals surface area contributed by atoms with Gasteiger partial charge in [-0.05, 0) is 43.3 Å². The molecule has 0 aliphatic rings. The number of anilines is 3. The Morgan fingerprint density at radius 3 is 2.55 bits per heavy atom. The van der Waals surface area contributed by atoms with E-state index in [-0.39, 0.29) is 35.8 Å². The number of benzene rings is 2. The Hall–Kier alpha value is -4.34. The number of esters is 1. The van der Waals surface area contributed by atoms with Crippen LogP contribution in [0.3, 0.4) is 0 Å². The minimum atomic E-state index is -0.685. The van der Waals surface area contributed by atoms with Gasteiger partial charge in [0.25, 0.3) is 0 Å². The summed E-state index contributed by atoms with van der Waals surface area (Å²) in [5.74, 6) is -0.195. The average Bonchev–Trinajstić information content (AvgIpc) is 3.16. The largest absolute Gasteiger partial charge is 0.453 e. The number of nitrogen functional groups attached to an aromatic ring is 1. The monoisotopic (exact) mass is 420 g/mol. The highest BCUT2D eigenvalue weighted by atomic mass is 19.1. The first-order valence-corrected chi connectivity index (χ1v) is 9.21. The lowest BCUT2D eigenvalue weighted by Crippen LogP contribution is -2.12. The Morgan fingerprint density at radius 1 is 1.06 bits per heavy atom. The van der Waals surface area contributed by atoms with Crippen LogP contribution in [0.2, 0.25) is 0 Å². The molecule has 9 nitrogen and oxygen atoms in total. The number of hydrogen-bond acceptors (Lipinski definition) is 9. The van der Waals surface area contributed by atoms with E-state index >= 15 is 0 Å². The first-order valence-electron chi connectivity index (χ1n) is 9.21. The molecule has 2 aromatic carbocycles. The molecule has 0 atom stereocenters. The SMILES string of the molecule is Cc1oc(-c2ccccc2)nc1C(=O)OCc1nc(N)nc(Nc2ccc(F)cc2)n1. The van der Waals surface area contributed by atoms with Crippen LogP contribution in [0.15, 0.2) is 59.0 Å². The Labute approximate surface area is 176 Å². The van der Waals surface area contributed by atoms with Crippen LogP contribution in [0.1, 0.15) is 22.1 Å². The van der Waals surface area contributed by atoms with Gasteiger partial charge in [0.15, 0.2) is 18.1 Å². The van der Waals surface area contributed by atoms with Crippen molar-refractivity contribution in [2.24, 2.45) is 0 Å². The van der Waals surface area contributed by atoms with Crippen molar-refractivity contribution in [3.63, 3.8) is 0 Å². The fourth-order valence-corrected chi connectivity index (χ4v) is 2.71. The maximum atomic E-state index is 13.0. The zero-order chi connectivity index (χ0) is 21.8. The number of rotatable bonds is 6. The second kappa shape index (κ2) is 8.57. The molecule has 0 unspecified atom stereocenters. The highest BCUT2D eigenvalue weighted by Gasteiger charge is 2.20. The molecule has 4 rings (SSSR count). The smallest absolute Gasteiger partial charge is 0.361 e. The van der Waals surface area contributed by atoms with Gasteiger partial charge >= 0.3 is 5.97 Å². The number of halogens is 1. The summed E-state index contributed by atoms with van der Waals surface area (Å²) in [6.45, 7) is 1.37. The van der Waals surface area contributed by atoms with Crippen molar-refractivity contribution < 1.29 is 18.3 Å². The molecule has 0 amide bonds. The van der Waals surface area contributed by atoms with E-state index < -0.39 is 5.97 Å². The fourth-order valence-electron chi connectivity index (χ4n) is 2.71. The molecule has 156 valence electrons. The minimum Gasteiger partial charge on any atom is -0.453 e. The second-order valence-corrected chi connectivity index (χ2v) is 6.43. The van der Waals surface area contributed by atoms with Crippen molar-refractivity contribution in [3.05, 3.63) is 77.7 Å². The molecule has 4 aromatic rings. The van der Waals surface area contributed by atoms with Gasteiger partial charge in [-0.25, -0.2) is 14.2 Å². The third-order valence-corrected chi connectivity index (χ3v) is 4.14. The summed E-state index contributed by atoms with van der Waals surface area (Å²) in [4.78, 5) is 28.8. The van der Waals surface area contributed by atoms with Gasteiger partial charge in [0.05, 0.1) is 0 Å². The molecule has 10 heteroatoms. The van der Waals surface area contributed by atoms with Gasteiger partial charge in [0, 0.05) is 11.3 Å². The predicted molar refractivity (Wildman–Crippen MR) is 110 cm³/mol. The number of hydrogen-bond donors (Lipinski definition) is 2. The molecule has 0 radical (unpaired) electrons. The van der Waals surface area contributed by atoms with Crippen molar-refractivity contribution in [2.75, 3.05) is 11.1 Å². The third kappa shape index (κ3) is 4.81. The summed E-state index contributed by atoms with van der Waals surface area (Å²) in [5, 5.41) is 2.89. The Balaban J connectivity index is 1.45. The first kappa shape index (κ1) is 20.0. The predicted octanol–water partition coefficient (Wildman–Crippen LogP) is 3.66. The van der Waals surface area contributed by atoms with Crippen molar-refractivity contribution in [3.8, 4) is 11.5 Å². The summed E-state index contributed by atoms with van der Waals surface area (Å²) in [6.07, 6.45) is 0. The Bertz CT molecular complexity index is 1210. The topological polar surface area (TPSA) is 129 Å². The molecule has 0 bridgehead atoms. The van der Waals surface area contributed by atoms with Gasteiger partial charge in [-0.15, -0.1) is 0 Å². The van der Waals surface area contributed by atoms with E-state index in [1.54, 1.807) is 6.92 Å². The summed E-state index contributed by atoms with van der Waals surface area (Å²) < 4.78 is 23.9. The number of carbonyl (C=O) groups is 1. The minimum absolute atomic E-state index is 0.0605. The summed E-state index contributed by atoms with van der Waals surface area (Å²) in [7, 11) is 0.